The summed E-state index contributed by atoms with van der Waals surface area (Å²) in [6, 6.07) is 7.45. The summed E-state index contributed by atoms with van der Waals surface area (Å²) in [7, 11) is 0. The Balaban J connectivity index is 2.63. The smallest absolute Gasteiger partial charge is 0.200 e. The molecule has 1 nitrogen and oxygen atoms in total. The fraction of sp³-hybridized carbons (Fsp3) is 0.133. The van der Waals surface area contributed by atoms with E-state index >= 15 is 0 Å². The standard InChI is InChI=1S/C15H11BrF2O/c1-8-4-3-5-10(13(8)16)15(19)12-11(17)7-6-9(2)14(12)18/h3-7H,1-2H3. The summed E-state index contributed by atoms with van der Waals surface area (Å²) in [6.45, 7) is 3.31. The molecule has 4 heteroatoms. The van der Waals surface area contributed by atoms with E-state index in [2.05, 4.69) is 15.9 Å². The lowest BCUT2D eigenvalue weighted by molar-refractivity contribution is 0.103. The first kappa shape index (κ1) is 13.9. The summed E-state index contributed by atoms with van der Waals surface area (Å²) in [6.07, 6.45) is 0. The Morgan fingerprint density at radius 3 is 2.42 bits per heavy atom. The fourth-order valence-electron chi connectivity index (χ4n) is 1.82. The van der Waals surface area contributed by atoms with Crippen LogP contribution in [0.1, 0.15) is 27.0 Å². The van der Waals surface area contributed by atoms with E-state index < -0.39 is 23.0 Å². The van der Waals surface area contributed by atoms with Gasteiger partial charge in [-0.2, -0.15) is 0 Å². The zero-order valence-corrected chi connectivity index (χ0v) is 12.0. The van der Waals surface area contributed by atoms with Crippen molar-refractivity contribution in [3.05, 3.63) is 68.7 Å². The largest absolute Gasteiger partial charge is 0.288 e. The molecule has 0 saturated carbocycles. The van der Waals surface area contributed by atoms with E-state index in [4.69, 9.17) is 0 Å². The number of halogens is 3. The second kappa shape index (κ2) is 5.21. The van der Waals surface area contributed by atoms with Crippen LogP contribution in [0.2, 0.25) is 0 Å². The van der Waals surface area contributed by atoms with Gasteiger partial charge in [-0.3, -0.25) is 4.79 Å². The molecule has 0 aliphatic heterocycles. The van der Waals surface area contributed by atoms with Gasteiger partial charge in [-0.1, -0.05) is 18.2 Å². The third-order valence-electron chi connectivity index (χ3n) is 2.95. The normalized spacial score (nSPS) is 10.6. The van der Waals surface area contributed by atoms with Crippen molar-refractivity contribution in [3.63, 3.8) is 0 Å². The van der Waals surface area contributed by atoms with Gasteiger partial charge in [0.15, 0.2) is 5.78 Å². The quantitative estimate of drug-likeness (QED) is 0.739. The molecule has 0 bridgehead atoms. The predicted molar refractivity (Wildman–Crippen MR) is 73.4 cm³/mol. The van der Waals surface area contributed by atoms with Crippen LogP contribution in [0.4, 0.5) is 8.78 Å². The van der Waals surface area contributed by atoms with Crippen LogP contribution in [0, 0.1) is 25.5 Å². The average Bonchev–Trinajstić information content (AvgIpc) is 2.37. The van der Waals surface area contributed by atoms with E-state index in [1.54, 1.807) is 12.1 Å². The molecule has 0 aromatic heterocycles. The summed E-state index contributed by atoms with van der Waals surface area (Å²) in [5.41, 5.74) is 0.822. The van der Waals surface area contributed by atoms with E-state index in [1.165, 1.54) is 13.0 Å². The van der Waals surface area contributed by atoms with Crippen molar-refractivity contribution < 1.29 is 13.6 Å². The molecule has 0 radical (unpaired) electrons. The minimum Gasteiger partial charge on any atom is -0.288 e. The summed E-state index contributed by atoms with van der Waals surface area (Å²) < 4.78 is 28.2. The van der Waals surface area contributed by atoms with Gasteiger partial charge in [-0.25, -0.2) is 8.78 Å². The molecule has 0 atom stereocenters. The van der Waals surface area contributed by atoms with Crippen LogP contribution in [-0.2, 0) is 0 Å². The van der Waals surface area contributed by atoms with Crippen molar-refractivity contribution in [3.8, 4) is 0 Å². The number of carbonyl (C=O) groups excluding carboxylic acids is 1. The zero-order chi connectivity index (χ0) is 14.2. The number of aryl methyl sites for hydroxylation is 2. The number of benzene rings is 2. The Labute approximate surface area is 118 Å². The molecule has 2 aromatic rings. The van der Waals surface area contributed by atoms with E-state index in [0.717, 1.165) is 11.6 Å². The van der Waals surface area contributed by atoms with E-state index in [-0.39, 0.29) is 11.1 Å². The highest BCUT2D eigenvalue weighted by Gasteiger charge is 2.22. The van der Waals surface area contributed by atoms with Crippen molar-refractivity contribution in [2.45, 2.75) is 13.8 Å². The first-order valence-electron chi connectivity index (χ1n) is 5.68. The topological polar surface area (TPSA) is 17.1 Å². The maximum absolute atomic E-state index is 14.0. The SMILES string of the molecule is Cc1ccc(F)c(C(=O)c2cccc(C)c2Br)c1F. The third-order valence-corrected chi connectivity index (χ3v) is 4.00. The number of hydrogen-bond donors (Lipinski definition) is 0. The number of ketones is 1. The molecule has 19 heavy (non-hydrogen) atoms. The molecule has 0 aliphatic carbocycles. The highest BCUT2D eigenvalue weighted by atomic mass is 79.9. The Bertz CT molecular complexity index is 665. The zero-order valence-electron chi connectivity index (χ0n) is 10.4. The molecule has 2 aromatic carbocycles. The van der Waals surface area contributed by atoms with Crippen LogP contribution in [0.25, 0.3) is 0 Å². The molecule has 0 saturated heterocycles. The average molecular weight is 325 g/mol. The number of hydrogen-bond acceptors (Lipinski definition) is 1. The van der Waals surface area contributed by atoms with Crippen LogP contribution in [0.15, 0.2) is 34.8 Å². The van der Waals surface area contributed by atoms with Gasteiger partial charge in [0.05, 0.1) is 5.56 Å². The number of carbonyl (C=O) groups is 1. The highest BCUT2D eigenvalue weighted by Crippen LogP contribution is 2.26. The molecule has 0 spiro atoms. The first-order valence-corrected chi connectivity index (χ1v) is 6.47. The van der Waals surface area contributed by atoms with Gasteiger partial charge in [0.25, 0.3) is 0 Å². The molecule has 0 amide bonds. The van der Waals surface area contributed by atoms with Gasteiger partial charge in [0.2, 0.25) is 0 Å². The Morgan fingerprint density at radius 1 is 1.05 bits per heavy atom. The van der Waals surface area contributed by atoms with E-state index in [0.29, 0.717) is 4.47 Å². The minimum absolute atomic E-state index is 0.244. The van der Waals surface area contributed by atoms with Crippen LogP contribution in [-0.4, -0.2) is 5.78 Å². The van der Waals surface area contributed by atoms with Crippen LogP contribution >= 0.6 is 15.9 Å². The van der Waals surface area contributed by atoms with Gasteiger partial charge in [-0.05, 0) is 53.0 Å². The maximum atomic E-state index is 14.0. The molecule has 0 N–H and O–H groups in total. The molecule has 2 rings (SSSR count). The molecule has 0 aliphatic rings. The van der Waals surface area contributed by atoms with E-state index in [9.17, 15) is 13.6 Å². The Morgan fingerprint density at radius 2 is 1.74 bits per heavy atom. The van der Waals surface area contributed by atoms with Gasteiger partial charge >= 0.3 is 0 Å². The third kappa shape index (κ3) is 2.45. The summed E-state index contributed by atoms with van der Waals surface area (Å²) in [4.78, 5) is 12.3. The lowest BCUT2D eigenvalue weighted by Crippen LogP contribution is -2.10. The second-order valence-electron chi connectivity index (χ2n) is 4.32. The molecule has 98 valence electrons. The molecule has 0 unspecified atom stereocenters. The van der Waals surface area contributed by atoms with Gasteiger partial charge in [0.1, 0.15) is 11.6 Å². The summed E-state index contributed by atoms with van der Waals surface area (Å²) in [5, 5.41) is 0. The Hall–Kier alpha value is -1.55. The number of rotatable bonds is 2. The van der Waals surface area contributed by atoms with Crippen molar-refractivity contribution in [2.75, 3.05) is 0 Å². The van der Waals surface area contributed by atoms with Crippen molar-refractivity contribution in [1.82, 2.24) is 0 Å². The molecule has 0 fully saturated rings. The van der Waals surface area contributed by atoms with Crippen LogP contribution in [0.3, 0.4) is 0 Å². The Kier molecular flexibility index (Phi) is 3.80. The van der Waals surface area contributed by atoms with E-state index in [1.807, 2.05) is 13.0 Å². The predicted octanol–water partition coefficient (Wildman–Crippen LogP) is 4.58. The van der Waals surface area contributed by atoms with Gasteiger partial charge < -0.3 is 0 Å². The van der Waals surface area contributed by atoms with Crippen molar-refractivity contribution in [2.24, 2.45) is 0 Å². The fourth-order valence-corrected chi connectivity index (χ4v) is 2.27. The van der Waals surface area contributed by atoms with Gasteiger partial charge in [-0.15, -0.1) is 0 Å². The minimum atomic E-state index is -0.846. The van der Waals surface area contributed by atoms with Crippen molar-refractivity contribution >= 4 is 21.7 Å². The van der Waals surface area contributed by atoms with Crippen molar-refractivity contribution in [1.29, 1.82) is 0 Å². The molecular formula is C15H11BrF2O. The maximum Gasteiger partial charge on any atom is 0.200 e. The summed E-state index contributed by atoms with van der Waals surface area (Å²) >= 11 is 3.28. The monoisotopic (exact) mass is 324 g/mol. The highest BCUT2D eigenvalue weighted by molar-refractivity contribution is 9.10. The molecule has 0 heterocycles. The lowest BCUT2D eigenvalue weighted by atomic mass is 9.99. The molecular weight excluding hydrogens is 314 g/mol. The first-order chi connectivity index (χ1) is 8.93. The van der Waals surface area contributed by atoms with Gasteiger partial charge in [0, 0.05) is 10.0 Å². The van der Waals surface area contributed by atoms with Crippen LogP contribution in [0.5, 0.6) is 0 Å². The lowest BCUT2D eigenvalue weighted by Gasteiger charge is -2.09. The second-order valence-corrected chi connectivity index (χ2v) is 5.11. The summed E-state index contributed by atoms with van der Waals surface area (Å²) in [5.74, 6) is -2.31. The van der Waals surface area contributed by atoms with Crippen LogP contribution < -0.4 is 0 Å².